The standard InChI is InChI=1S/C12H16N4O3S2/c17-12-8-20-11-2-1-9(7-10(11)14-12)15-21(18,19)16-5-3-13-4-6-16/h1-2,7,13,15H,3-6,8H2,(H,14,17). The van der Waals surface area contributed by atoms with Crippen molar-refractivity contribution in [2.45, 2.75) is 4.90 Å². The number of nitrogens with zero attached hydrogens (tertiary/aromatic N) is 1. The normalized spacial score (nSPS) is 19.7. The predicted molar refractivity (Wildman–Crippen MR) is 82.8 cm³/mol. The van der Waals surface area contributed by atoms with Gasteiger partial charge in [-0.05, 0) is 18.2 Å². The molecule has 1 amide bonds. The molecule has 2 aliphatic rings. The fourth-order valence-electron chi connectivity index (χ4n) is 2.24. The molecule has 1 saturated heterocycles. The SMILES string of the molecule is O=C1CSc2ccc(NS(=O)(=O)N3CCNCC3)cc2N1. The van der Waals surface area contributed by atoms with Crippen molar-refractivity contribution in [2.75, 3.05) is 42.0 Å². The Labute approximate surface area is 127 Å². The monoisotopic (exact) mass is 328 g/mol. The summed E-state index contributed by atoms with van der Waals surface area (Å²) in [5.41, 5.74) is 1.10. The first-order valence-corrected chi connectivity index (χ1v) is 9.02. The number of carbonyl (C=O) groups is 1. The molecule has 0 aliphatic carbocycles. The van der Waals surface area contributed by atoms with Gasteiger partial charge in [0.25, 0.3) is 0 Å². The summed E-state index contributed by atoms with van der Waals surface area (Å²) in [6.07, 6.45) is 0. The van der Waals surface area contributed by atoms with E-state index in [1.807, 2.05) is 6.07 Å². The molecule has 0 bridgehead atoms. The Balaban J connectivity index is 1.78. The maximum atomic E-state index is 12.3. The first kappa shape index (κ1) is 14.6. The molecule has 3 rings (SSSR count). The van der Waals surface area contributed by atoms with Gasteiger partial charge in [-0.2, -0.15) is 12.7 Å². The molecule has 0 radical (unpaired) electrons. The van der Waals surface area contributed by atoms with Crippen LogP contribution in [0.5, 0.6) is 0 Å². The fraction of sp³-hybridized carbons (Fsp3) is 0.417. The summed E-state index contributed by atoms with van der Waals surface area (Å²) in [7, 11) is -3.55. The lowest BCUT2D eigenvalue weighted by molar-refractivity contribution is -0.113. The van der Waals surface area contributed by atoms with Gasteiger partial charge in [-0.3, -0.25) is 9.52 Å². The average molecular weight is 328 g/mol. The van der Waals surface area contributed by atoms with Gasteiger partial charge in [0.05, 0.1) is 17.1 Å². The van der Waals surface area contributed by atoms with Crippen LogP contribution in [0.4, 0.5) is 11.4 Å². The minimum Gasteiger partial charge on any atom is -0.324 e. The third-order valence-electron chi connectivity index (χ3n) is 3.28. The van der Waals surface area contributed by atoms with Crippen LogP contribution in [0, 0.1) is 0 Å². The summed E-state index contributed by atoms with van der Waals surface area (Å²) in [5, 5.41) is 5.86. The van der Waals surface area contributed by atoms with E-state index in [0.29, 0.717) is 43.3 Å². The van der Waals surface area contributed by atoms with Gasteiger partial charge < -0.3 is 10.6 Å². The second kappa shape index (κ2) is 5.84. The molecule has 2 heterocycles. The molecule has 7 nitrogen and oxygen atoms in total. The number of anilines is 2. The highest BCUT2D eigenvalue weighted by molar-refractivity contribution is 8.00. The highest BCUT2D eigenvalue weighted by Crippen LogP contribution is 2.33. The number of benzene rings is 1. The number of carbonyl (C=O) groups excluding carboxylic acids is 1. The molecule has 21 heavy (non-hydrogen) atoms. The molecule has 1 aromatic carbocycles. The molecule has 2 aliphatic heterocycles. The molecule has 0 saturated carbocycles. The fourth-order valence-corrected chi connectivity index (χ4v) is 4.25. The maximum absolute atomic E-state index is 12.3. The van der Waals surface area contributed by atoms with E-state index in [-0.39, 0.29) is 5.91 Å². The Morgan fingerprint density at radius 3 is 2.76 bits per heavy atom. The third-order valence-corrected chi connectivity index (χ3v) is 5.89. The number of nitrogens with one attached hydrogen (secondary N) is 3. The zero-order chi connectivity index (χ0) is 14.9. The van der Waals surface area contributed by atoms with Crippen LogP contribution in [0.1, 0.15) is 0 Å². The zero-order valence-corrected chi connectivity index (χ0v) is 12.9. The lowest BCUT2D eigenvalue weighted by Crippen LogP contribution is -2.48. The molecule has 0 atom stereocenters. The van der Waals surface area contributed by atoms with Crippen molar-refractivity contribution in [1.29, 1.82) is 0 Å². The Morgan fingerprint density at radius 2 is 2.00 bits per heavy atom. The van der Waals surface area contributed by atoms with E-state index in [2.05, 4.69) is 15.4 Å². The first-order chi connectivity index (χ1) is 10.0. The summed E-state index contributed by atoms with van der Waals surface area (Å²) in [5.74, 6) is 0.313. The number of fused-ring (bicyclic) bond motifs is 1. The van der Waals surface area contributed by atoms with Crippen LogP contribution in [0.3, 0.4) is 0 Å². The van der Waals surface area contributed by atoms with Gasteiger partial charge in [0.1, 0.15) is 0 Å². The highest BCUT2D eigenvalue weighted by Gasteiger charge is 2.24. The second-order valence-electron chi connectivity index (χ2n) is 4.80. The van der Waals surface area contributed by atoms with E-state index >= 15 is 0 Å². The smallest absolute Gasteiger partial charge is 0.301 e. The molecule has 1 fully saturated rings. The van der Waals surface area contributed by atoms with Gasteiger partial charge in [0, 0.05) is 31.1 Å². The van der Waals surface area contributed by atoms with E-state index in [9.17, 15) is 13.2 Å². The quantitative estimate of drug-likeness (QED) is 0.742. The molecular weight excluding hydrogens is 312 g/mol. The third kappa shape index (κ3) is 3.31. The van der Waals surface area contributed by atoms with E-state index in [1.165, 1.54) is 16.1 Å². The van der Waals surface area contributed by atoms with Gasteiger partial charge in [-0.25, -0.2) is 0 Å². The first-order valence-electron chi connectivity index (χ1n) is 6.60. The van der Waals surface area contributed by atoms with Crippen LogP contribution in [0.15, 0.2) is 23.1 Å². The number of piperazine rings is 1. The van der Waals surface area contributed by atoms with Crippen molar-refractivity contribution in [1.82, 2.24) is 9.62 Å². The van der Waals surface area contributed by atoms with Crippen molar-refractivity contribution >= 4 is 39.3 Å². The predicted octanol–water partition coefficient (Wildman–Crippen LogP) is 0.293. The van der Waals surface area contributed by atoms with E-state index in [1.54, 1.807) is 12.1 Å². The van der Waals surface area contributed by atoms with E-state index in [0.717, 1.165) is 4.90 Å². The largest absolute Gasteiger partial charge is 0.324 e. The van der Waals surface area contributed by atoms with Gasteiger partial charge in [0.2, 0.25) is 5.91 Å². The summed E-state index contributed by atoms with van der Waals surface area (Å²) in [4.78, 5) is 12.3. The van der Waals surface area contributed by atoms with Crippen LogP contribution in [-0.4, -0.2) is 50.6 Å². The number of rotatable bonds is 3. The number of amides is 1. The molecule has 0 unspecified atom stereocenters. The molecule has 0 aromatic heterocycles. The molecule has 9 heteroatoms. The number of thioether (sulfide) groups is 1. The van der Waals surface area contributed by atoms with Crippen molar-refractivity contribution in [3.63, 3.8) is 0 Å². The lowest BCUT2D eigenvalue weighted by Gasteiger charge is -2.27. The van der Waals surface area contributed by atoms with Gasteiger partial charge >= 0.3 is 10.2 Å². The summed E-state index contributed by atoms with van der Waals surface area (Å²) >= 11 is 1.44. The minimum atomic E-state index is -3.55. The van der Waals surface area contributed by atoms with Crippen LogP contribution >= 0.6 is 11.8 Å². The van der Waals surface area contributed by atoms with E-state index in [4.69, 9.17) is 0 Å². The van der Waals surface area contributed by atoms with Gasteiger partial charge in [-0.15, -0.1) is 11.8 Å². The number of hydrogen-bond donors (Lipinski definition) is 3. The van der Waals surface area contributed by atoms with Gasteiger partial charge in [-0.1, -0.05) is 0 Å². The molecule has 3 N–H and O–H groups in total. The van der Waals surface area contributed by atoms with Crippen molar-refractivity contribution in [2.24, 2.45) is 0 Å². The average Bonchev–Trinajstić information content (AvgIpc) is 2.47. The Bertz CT molecular complexity index is 656. The molecule has 1 aromatic rings. The van der Waals surface area contributed by atoms with Crippen LogP contribution in [0.2, 0.25) is 0 Å². The summed E-state index contributed by atoms with van der Waals surface area (Å²) in [6, 6.07) is 5.18. The molecule has 114 valence electrons. The zero-order valence-electron chi connectivity index (χ0n) is 11.3. The highest BCUT2D eigenvalue weighted by atomic mass is 32.2. The topological polar surface area (TPSA) is 90.5 Å². The molecular formula is C12H16N4O3S2. The number of hydrogen-bond acceptors (Lipinski definition) is 5. The Hall–Kier alpha value is -1.29. The molecule has 0 spiro atoms. The summed E-state index contributed by atoms with van der Waals surface area (Å²) < 4.78 is 28.5. The van der Waals surface area contributed by atoms with E-state index < -0.39 is 10.2 Å². The maximum Gasteiger partial charge on any atom is 0.301 e. The van der Waals surface area contributed by atoms with Crippen molar-refractivity contribution in [3.8, 4) is 0 Å². The van der Waals surface area contributed by atoms with Crippen LogP contribution in [0.25, 0.3) is 0 Å². The minimum absolute atomic E-state index is 0.0744. The Kier molecular flexibility index (Phi) is 4.07. The lowest BCUT2D eigenvalue weighted by atomic mass is 10.3. The van der Waals surface area contributed by atoms with Gasteiger partial charge in [0.15, 0.2) is 0 Å². The van der Waals surface area contributed by atoms with Crippen LogP contribution < -0.4 is 15.4 Å². The summed E-state index contributed by atoms with van der Waals surface area (Å²) in [6.45, 7) is 2.20. The van der Waals surface area contributed by atoms with Crippen molar-refractivity contribution < 1.29 is 13.2 Å². The van der Waals surface area contributed by atoms with Crippen molar-refractivity contribution in [3.05, 3.63) is 18.2 Å². The van der Waals surface area contributed by atoms with Crippen LogP contribution in [-0.2, 0) is 15.0 Å². The Morgan fingerprint density at radius 1 is 1.24 bits per heavy atom. The second-order valence-corrected chi connectivity index (χ2v) is 7.49.